The van der Waals surface area contributed by atoms with Crippen molar-refractivity contribution in [2.24, 2.45) is 4.99 Å². The molecule has 1 unspecified atom stereocenters. The average Bonchev–Trinajstić information content (AvgIpc) is 2.61. The molecule has 3 aromatic rings. The number of benzene rings is 2. The Bertz CT molecular complexity index is 1070. The first-order chi connectivity index (χ1) is 12.3. The van der Waals surface area contributed by atoms with Crippen molar-refractivity contribution in [1.29, 1.82) is 0 Å². The van der Waals surface area contributed by atoms with Gasteiger partial charge in [0.2, 0.25) is 5.82 Å². The van der Waals surface area contributed by atoms with Gasteiger partial charge in [-0.1, -0.05) is 30.7 Å². The molecule has 0 radical (unpaired) electrons. The van der Waals surface area contributed by atoms with Gasteiger partial charge in [0.05, 0.1) is 11.1 Å². The van der Waals surface area contributed by atoms with Crippen LogP contribution in [0.1, 0.15) is 49.2 Å². The van der Waals surface area contributed by atoms with Crippen LogP contribution < -0.4 is 0 Å². The lowest BCUT2D eigenvalue weighted by atomic mass is 9.77. The molecule has 1 aromatic heterocycles. The number of fused-ring (bicyclic) bond motifs is 2. The van der Waals surface area contributed by atoms with Crippen molar-refractivity contribution in [3.05, 3.63) is 64.5 Å². The highest BCUT2D eigenvalue weighted by Gasteiger charge is 2.35. The van der Waals surface area contributed by atoms with Gasteiger partial charge in [0, 0.05) is 11.5 Å². The SMILES string of the molecule is Cc1ccc2c(c1)C(C)C(C)(C)N=C2c1nnc2c(F)c(F)ccc2n1. The van der Waals surface area contributed by atoms with Crippen LogP contribution in [-0.2, 0) is 0 Å². The van der Waals surface area contributed by atoms with E-state index in [-0.39, 0.29) is 22.5 Å². The maximum atomic E-state index is 13.9. The smallest absolute Gasteiger partial charge is 0.201 e. The van der Waals surface area contributed by atoms with E-state index in [1.807, 2.05) is 12.1 Å². The molecule has 1 aliphatic heterocycles. The highest BCUT2D eigenvalue weighted by molar-refractivity contribution is 6.13. The van der Waals surface area contributed by atoms with Gasteiger partial charge in [-0.15, -0.1) is 10.2 Å². The van der Waals surface area contributed by atoms with Crippen molar-refractivity contribution in [3.8, 4) is 0 Å². The molecular weight excluding hydrogens is 334 g/mol. The van der Waals surface area contributed by atoms with Crippen LogP contribution in [0.4, 0.5) is 8.78 Å². The van der Waals surface area contributed by atoms with E-state index in [9.17, 15) is 8.78 Å². The van der Waals surface area contributed by atoms with Crippen molar-refractivity contribution < 1.29 is 8.78 Å². The minimum atomic E-state index is -1.04. The average molecular weight is 352 g/mol. The Balaban J connectivity index is 1.95. The lowest BCUT2D eigenvalue weighted by molar-refractivity contribution is 0.431. The molecule has 0 saturated heterocycles. The summed E-state index contributed by atoms with van der Waals surface area (Å²) in [5.41, 5.74) is 3.65. The fourth-order valence-electron chi connectivity index (χ4n) is 3.30. The molecule has 0 amide bonds. The van der Waals surface area contributed by atoms with Crippen molar-refractivity contribution in [2.45, 2.75) is 39.2 Å². The molecule has 0 spiro atoms. The first-order valence-electron chi connectivity index (χ1n) is 8.47. The quantitative estimate of drug-likeness (QED) is 0.654. The van der Waals surface area contributed by atoms with Crippen LogP contribution in [-0.4, -0.2) is 26.4 Å². The molecule has 132 valence electrons. The zero-order valence-corrected chi connectivity index (χ0v) is 15.0. The summed E-state index contributed by atoms with van der Waals surface area (Å²) in [6.07, 6.45) is 0. The van der Waals surface area contributed by atoms with Gasteiger partial charge in [-0.3, -0.25) is 4.99 Å². The van der Waals surface area contributed by atoms with E-state index < -0.39 is 11.6 Å². The van der Waals surface area contributed by atoms with Crippen LogP contribution in [0.15, 0.2) is 35.3 Å². The molecule has 0 fully saturated rings. The standard InChI is InChI=1S/C20H18F2N4/c1-10-5-6-12-13(9-10)11(2)20(3,4)24-17(12)19-23-15-8-7-14(21)16(22)18(15)25-26-19/h5-9,11H,1-4H3. The largest absolute Gasteiger partial charge is 0.274 e. The molecule has 0 N–H and O–H groups in total. The van der Waals surface area contributed by atoms with E-state index >= 15 is 0 Å². The predicted molar refractivity (Wildman–Crippen MR) is 96.6 cm³/mol. The molecule has 4 rings (SSSR count). The molecule has 1 atom stereocenters. The maximum Gasteiger partial charge on any atom is 0.201 e. The van der Waals surface area contributed by atoms with Crippen LogP contribution in [0.5, 0.6) is 0 Å². The Kier molecular flexibility index (Phi) is 3.61. The third-order valence-electron chi connectivity index (χ3n) is 5.12. The van der Waals surface area contributed by atoms with E-state index in [2.05, 4.69) is 48.9 Å². The van der Waals surface area contributed by atoms with Gasteiger partial charge >= 0.3 is 0 Å². The Morgan fingerprint density at radius 1 is 1.04 bits per heavy atom. The van der Waals surface area contributed by atoms with E-state index in [0.29, 0.717) is 11.5 Å². The van der Waals surface area contributed by atoms with Gasteiger partial charge in [-0.2, -0.15) is 0 Å². The van der Waals surface area contributed by atoms with Gasteiger partial charge in [-0.05, 0) is 38.5 Å². The summed E-state index contributed by atoms with van der Waals surface area (Å²) >= 11 is 0. The zero-order valence-electron chi connectivity index (χ0n) is 15.0. The number of halogens is 2. The number of aliphatic imine (C=N–C) groups is 1. The van der Waals surface area contributed by atoms with Crippen LogP contribution in [0.25, 0.3) is 11.0 Å². The molecule has 2 heterocycles. The zero-order chi connectivity index (χ0) is 18.6. The van der Waals surface area contributed by atoms with Crippen molar-refractivity contribution >= 4 is 16.7 Å². The molecule has 0 aliphatic carbocycles. The number of aromatic nitrogens is 3. The van der Waals surface area contributed by atoms with Crippen molar-refractivity contribution in [2.75, 3.05) is 0 Å². The number of hydrogen-bond donors (Lipinski definition) is 0. The van der Waals surface area contributed by atoms with Crippen LogP contribution >= 0.6 is 0 Å². The highest BCUT2D eigenvalue weighted by Crippen LogP contribution is 2.39. The minimum Gasteiger partial charge on any atom is -0.274 e. The van der Waals surface area contributed by atoms with Gasteiger partial charge in [0.15, 0.2) is 17.2 Å². The summed E-state index contributed by atoms with van der Waals surface area (Å²) < 4.78 is 27.3. The Labute approximate surface area is 150 Å². The van der Waals surface area contributed by atoms with Crippen LogP contribution in [0, 0.1) is 18.6 Å². The molecule has 6 heteroatoms. The summed E-state index contributed by atoms with van der Waals surface area (Å²) in [5.74, 6) is -1.47. The molecule has 0 saturated carbocycles. The lowest BCUT2D eigenvalue weighted by Crippen LogP contribution is -2.33. The summed E-state index contributed by atoms with van der Waals surface area (Å²) in [7, 11) is 0. The Hall–Kier alpha value is -2.76. The molecule has 4 nitrogen and oxygen atoms in total. The third-order valence-corrected chi connectivity index (χ3v) is 5.12. The van der Waals surface area contributed by atoms with Crippen molar-refractivity contribution in [1.82, 2.24) is 15.2 Å². The van der Waals surface area contributed by atoms with E-state index in [1.165, 1.54) is 17.2 Å². The normalized spacial score (nSPS) is 18.5. The number of hydrogen-bond acceptors (Lipinski definition) is 4. The third kappa shape index (κ3) is 2.48. The monoisotopic (exact) mass is 352 g/mol. The first-order valence-corrected chi connectivity index (χ1v) is 8.47. The molecule has 26 heavy (non-hydrogen) atoms. The first kappa shape index (κ1) is 16.7. The van der Waals surface area contributed by atoms with Gasteiger partial charge in [0.25, 0.3) is 0 Å². The summed E-state index contributed by atoms with van der Waals surface area (Å²) in [6.45, 7) is 8.33. The fraction of sp³-hybridized carbons (Fsp3) is 0.300. The summed E-state index contributed by atoms with van der Waals surface area (Å²) in [4.78, 5) is 9.27. The molecular formula is C20H18F2N4. The topological polar surface area (TPSA) is 51.0 Å². The maximum absolute atomic E-state index is 13.9. The van der Waals surface area contributed by atoms with Gasteiger partial charge in [0.1, 0.15) is 5.71 Å². The van der Waals surface area contributed by atoms with E-state index in [0.717, 1.165) is 11.6 Å². The highest BCUT2D eigenvalue weighted by atomic mass is 19.2. The number of aryl methyl sites for hydroxylation is 1. The predicted octanol–water partition coefficient (Wildman–Crippen LogP) is 4.34. The summed E-state index contributed by atoms with van der Waals surface area (Å²) in [6, 6.07) is 8.62. The number of rotatable bonds is 1. The number of nitrogens with zero attached hydrogens (tertiary/aromatic N) is 4. The summed E-state index contributed by atoms with van der Waals surface area (Å²) in [5, 5.41) is 7.91. The second kappa shape index (κ2) is 5.62. The second-order valence-electron chi connectivity index (χ2n) is 7.29. The second-order valence-corrected chi connectivity index (χ2v) is 7.29. The minimum absolute atomic E-state index is 0.179. The lowest BCUT2D eigenvalue weighted by Gasteiger charge is -2.35. The van der Waals surface area contributed by atoms with Crippen LogP contribution in [0.3, 0.4) is 0 Å². The van der Waals surface area contributed by atoms with E-state index in [1.54, 1.807) is 0 Å². The van der Waals surface area contributed by atoms with Gasteiger partial charge in [-0.25, -0.2) is 13.8 Å². The van der Waals surface area contributed by atoms with Crippen molar-refractivity contribution in [3.63, 3.8) is 0 Å². The molecule has 0 bridgehead atoms. The Morgan fingerprint density at radius 2 is 1.81 bits per heavy atom. The van der Waals surface area contributed by atoms with Crippen LogP contribution in [0.2, 0.25) is 0 Å². The molecule has 1 aliphatic rings. The molecule has 2 aromatic carbocycles. The fourth-order valence-corrected chi connectivity index (χ4v) is 3.30. The van der Waals surface area contributed by atoms with Gasteiger partial charge < -0.3 is 0 Å². The van der Waals surface area contributed by atoms with E-state index in [4.69, 9.17) is 4.99 Å². The Morgan fingerprint density at radius 3 is 2.58 bits per heavy atom.